The summed E-state index contributed by atoms with van der Waals surface area (Å²) in [6, 6.07) is 8.84. The molecule has 0 aromatic heterocycles. The number of methoxy groups -OCH3 is 1. The van der Waals surface area contributed by atoms with Gasteiger partial charge >= 0.3 is 0 Å². The Morgan fingerprint density at radius 2 is 1.85 bits per heavy atom. The number of anilines is 1. The van der Waals surface area contributed by atoms with Gasteiger partial charge in [-0.25, -0.2) is 0 Å². The van der Waals surface area contributed by atoms with Gasteiger partial charge in [-0.15, -0.1) is 24.0 Å². The van der Waals surface area contributed by atoms with E-state index in [1.54, 1.807) is 14.2 Å². The average Bonchev–Trinajstić information content (AvgIpc) is 2.70. The van der Waals surface area contributed by atoms with E-state index in [1.165, 1.54) is 22.8 Å². The maximum absolute atomic E-state index is 5.45. The average molecular weight is 508 g/mol. The van der Waals surface area contributed by atoms with Crippen LogP contribution in [0.4, 0.5) is 5.69 Å². The summed E-state index contributed by atoms with van der Waals surface area (Å²) in [4.78, 5) is 6.73. The molecule has 0 spiro atoms. The van der Waals surface area contributed by atoms with Crippen LogP contribution >= 0.6 is 35.7 Å². The van der Waals surface area contributed by atoms with Gasteiger partial charge < -0.3 is 25.0 Å². The molecule has 1 aromatic carbocycles. The van der Waals surface area contributed by atoms with E-state index >= 15 is 0 Å². The first kappa shape index (κ1) is 24.3. The monoisotopic (exact) mass is 508 g/mol. The lowest BCUT2D eigenvalue weighted by Gasteiger charge is -2.28. The van der Waals surface area contributed by atoms with Crippen LogP contribution in [0.2, 0.25) is 0 Å². The van der Waals surface area contributed by atoms with Gasteiger partial charge in [-0.3, -0.25) is 4.99 Å². The van der Waals surface area contributed by atoms with Crippen molar-refractivity contribution in [3.05, 3.63) is 29.8 Å². The molecule has 1 saturated heterocycles. The van der Waals surface area contributed by atoms with Crippen molar-refractivity contribution in [3.8, 4) is 0 Å². The van der Waals surface area contributed by atoms with Crippen LogP contribution in [0.25, 0.3) is 0 Å². The van der Waals surface area contributed by atoms with Crippen LogP contribution in [0, 0.1) is 0 Å². The van der Waals surface area contributed by atoms with Crippen LogP contribution in [0.5, 0.6) is 0 Å². The SMILES string of the molecule is CN=C(NCCCOCCOC)NCc1ccc(N2CCSCC2)cc1.I. The zero-order chi connectivity index (χ0) is 18.5. The molecule has 0 unspecified atom stereocenters. The smallest absolute Gasteiger partial charge is 0.191 e. The predicted octanol–water partition coefficient (Wildman–Crippen LogP) is 2.58. The van der Waals surface area contributed by atoms with E-state index in [4.69, 9.17) is 9.47 Å². The van der Waals surface area contributed by atoms with Crippen LogP contribution in [-0.2, 0) is 16.0 Å². The molecule has 2 rings (SSSR count). The summed E-state index contributed by atoms with van der Waals surface area (Å²) < 4.78 is 10.4. The molecular weight excluding hydrogens is 475 g/mol. The summed E-state index contributed by atoms with van der Waals surface area (Å²) in [7, 11) is 3.48. The number of rotatable bonds is 10. The molecule has 27 heavy (non-hydrogen) atoms. The number of benzene rings is 1. The maximum atomic E-state index is 5.45. The quantitative estimate of drug-likeness (QED) is 0.219. The molecule has 6 nitrogen and oxygen atoms in total. The Bertz CT molecular complexity index is 525. The van der Waals surface area contributed by atoms with Crippen LogP contribution in [0.3, 0.4) is 0 Å². The lowest BCUT2D eigenvalue weighted by atomic mass is 10.2. The van der Waals surface area contributed by atoms with Crippen molar-refractivity contribution in [3.63, 3.8) is 0 Å². The highest BCUT2D eigenvalue weighted by Gasteiger charge is 2.10. The van der Waals surface area contributed by atoms with Gasteiger partial charge in [0, 0.05) is 64.1 Å². The number of hydrogen-bond acceptors (Lipinski definition) is 5. The van der Waals surface area contributed by atoms with E-state index in [1.807, 2.05) is 11.8 Å². The van der Waals surface area contributed by atoms with E-state index in [0.717, 1.165) is 45.2 Å². The molecule has 0 bridgehead atoms. The Hall–Kier alpha value is -0.710. The zero-order valence-corrected chi connectivity index (χ0v) is 19.6. The van der Waals surface area contributed by atoms with Gasteiger partial charge in [-0.05, 0) is 24.1 Å². The molecular formula is C19H33IN4O2S. The van der Waals surface area contributed by atoms with Crippen LogP contribution in [0.15, 0.2) is 29.3 Å². The van der Waals surface area contributed by atoms with Crippen LogP contribution in [0.1, 0.15) is 12.0 Å². The lowest BCUT2D eigenvalue weighted by molar-refractivity contribution is 0.0698. The van der Waals surface area contributed by atoms with Gasteiger partial charge in [0.05, 0.1) is 13.2 Å². The number of guanidine groups is 1. The lowest BCUT2D eigenvalue weighted by Crippen LogP contribution is -2.37. The van der Waals surface area contributed by atoms with Crippen molar-refractivity contribution in [2.45, 2.75) is 13.0 Å². The summed E-state index contributed by atoms with van der Waals surface area (Å²) in [5.41, 5.74) is 2.58. The van der Waals surface area contributed by atoms with E-state index in [2.05, 4.69) is 44.8 Å². The van der Waals surface area contributed by atoms with Crippen molar-refractivity contribution in [1.29, 1.82) is 0 Å². The number of nitrogens with one attached hydrogen (secondary N) is 2. The standard InChI is InChI=1S/C19H32N4O2S.HI/c1-20-19(21-8-3-11-25-13-12-24-2)22-16-17-4-6-18(7-5-17)23-9-14-26-15-10-23;/h4-7H,3,8-16H2,1-2H3,(H2,20,21,22);1H. The first-order valence-corrected chi connectivity index (χ1v) is 10.4. The third kappa shape index (κ3) is 9.87. The normalized spacial score (nSPS) is 14.6. The number of nitrogens with zero attached hydrogens (tertiary/aromatic N) is 2. The van der Waals surface area contributed by atoms with Gasteiger partial charge in [0.25, 0.3) is 0 Å². The zero-order valence-electron chi connectivity index (χ0n) is 16.4. The summed E-state index contributed by atoms with van der Waals surface area (Å²) in [6.07, 6.45) is 0.938. The highest BCUT2D eigenvalue weighted by molar-refractivity contribution is 14.0. The number of aliphatic imine (C=N–C) groups is 1. The van der Waals surface area contributed by atoms with Gasteiger partial charge in [0.15, 0.2) is 5.96 Å². The fraction of sp³-hybridized carbons (Fsp3) is 0.632. The summed E-state index contributed by atoms with van der Waals surface area (Å²) in [6.45, 7) is 5.91. The van der Waals surface area contributed by atoms with E-state index in [9.17, 15) is 0 Å². The van der Waals surface area contributed by atoms with Crippen molar-refractivity contribution in [2.24, 2.45) is 4.99 Å². The van der Waals surface area contributed by atoms with Gasteiger partial charge in [-0.1, -0.05) is 12.1 Å². The molecule has 0 atom stereocenters. The second kappa shape index (κ2) is 15.2. The Labute approximate surface area is 184 Å². The minimum atomic E-state index is 0. The fourth-order valence-corrected chi connectivity index (χ4v) is 3.58. The summed E-state index contributed by atoms with van der Waals surface area (Å²) in [5, 5.41) is 6.67. The first-order valence-electron chi connectivity index (χ1n) is 9.26. The molecule has 1 fully saturated rings. The fourth-order valence-electron chi connectivity index (χ4n) is 2.68. The summed E-state index contributed by atoms with van der Waals surface area (Å²) >= 11 is 2.04. The van der Waals surface area contributed by atoms with Crippen LogP contribution < -0.4 is 15.5 Å². The van der Waals surface area contributed by atoms with E-state index in [-0.39, 0.29) is 24.0 Å². The largest absolute Gasteiger partial charge is 0.382 e. The second-order valence-corrected chi connectivity index (χ2v) is 7.30. The highest BCUT2D eigenvalue weighted by Crippen LogP contribution is 2.19. The second-order valence-electron chi connectivity index (χ2n) is 6.08. The number of thioether (sulfide) groups is 1. The van der Waals surface area contributed by atoms with Gasteiger partial charge in [0.2, 0.25) is 0 Å². The molecule has 2 N–H and O–H groups in total. The Morgan fingerprint density at radius 1 is 1.11 bits per heavy atom. The molecule has 0 aliphatic carbocycles. The Kier molecular flexibility index (Phi) is 13.7. The minimum Gasteiger partial charge on any atom is -0.382 e. The summed E-state index contributed by atoms with van der Waals surface area (Å²) in [5.74, 6) is 3.27. The molecule has 1 aliphatic rings. The predicted molar refractivity (Wildman–Crippen MR) is 127 cm³/mol. The van der Waals surface area contributed by atoms with Crippen molar-refractivity contribution < 1.29 is 9.47 Å². The third-order valence-corrected chi connectivity index (χ3v) is 5.13. The third-order valence-electron chi connectivity index (χ3n) is 4.19. The molecule has 1 heterocycles. The molecule has 0 saturated carbocycles. The number of ether oxygens (including phenoxy) is 2. The molecule has 1 aromatic rings. The van der Waals surface area contributed by atoms with Crippen molar-refractivity contribution in [1.82, 2.24) is 10.6 Å². The van der Waals surface area contributed by atoms with E-state index < -0.39 is 0 Å². The van der Waals surface area contributed by atoms with E-state index in [0.29, 0.717) is 13.2 Å². The maximum Gasteiger partial charge on any atom is 0.191 e. The van der Waals surface area contributed by atoms with Gasteiger partial charge in [-0.2, -0.15) is 11.8 Å². The highest BCUT2D eigenvalue weighted by atomic mass is 127. The van der Waals surface area contributed by atoms with Crippen LogP contribution in [-0.4, -0.2) is 71.1 Å². The molecule has 0 radical (unpaired) electrons. The molecule has 154 valence electrons. The molecule has 0 amide bonds. The molecule has 1 aliphatic heterocycles. The first-order chi connectivity index (χ1) is 12.8. The van der Waals surface area contributed by atoms with Gasteiger partial charge in [0.1, 0.15) is 0 Å². The van der Waals surface area contributed by atoms with Crippen molar-refractivity contribution in [2.75, 3.05) is 70.0 Å². The number of hydrogen-bond donors (Lipinski definition) is 2. The van der Waals surface area contributed by atoms with Crippen molar-refractivity contribution >= 4 is 47.4 Å². The Morgan fingerprint density at radius 3 is 2.52 bits per heavy atom. The Balaban J connectivity index is 0.00000364. The minimum absolute atomic E-state index is 0. The topological polar surface area (TPSA) is 58.1 Å². The molecule has 8 heteroatoms. The number of halogens is 1.